The van der Waals surface area contributed by atoms with Crippen molar-refractivity contribution in [3.05, 3.63) is 36.7 Å². The van der Waals surface area contributed by atoms with E-state index < -0.39 is 18.0 Å². The molecule has 1 saturated heterocycles. The van der Waals surface area contributed by atoms with Gasteiger partial charge in [0.05, 0.1) is 24.5 Å². The lowest BCUT2D eigenvalue weighted by Crippen LogP contribution is -2.49. The molecule has 2 aromatic rings. The third-order valence-corrected chi connectivity index (χ3v) is 3.50. The van der Waals surface area contributed by atoms with Crippen molar-refractivity contribution in [1.29, 1.82) is 0 Å². The van der Waals surface area contributed by atoms with E-state index in [-0.39, 0.29) is 31.8 Å². The molecular formula is C14H15N5O5. The van der Waals surface area contributed by atoms with Gasteiger partial charge in [0.15, 0.2) is 12.8 Å². The van der Waals surface area contributed by atoms with Crippen molar-refractivity contribution in [2.24, 2.45) is 0 Å². The van der Waals surface area contributed by atoms with Gasteiger partial charge in [0.1, 0.15) is 18.6 Å². The number of nitrogens with zero attached hydrogens (tertiary/aromatic N) is 3. The summed E-state index contributed by atoms with van der Waals surface area (Å²) in [6, 6.07) is -1.49. The first-order chi connectivity index (χ1) is 11.6. The topological polar surface area (TPSA) is 131 Å². The summed E-state index contributed by atoms with van der Waals surface area (Å²) in [6.45, 7) is 0.353. The minimum absolute atomic E-state index is 0.0803. The number of imide groups is 1. The summed E-state index contributed by atoms with van der Waals surface area (Å²) < 4.78 is 9.84. The van der Waals surface area contributed by atoms with Crippen LogP contribution >= 0.6 is 0 Å². The number of carbonyl (C=O) groups excluding carboxylic acids is 3. The van der Waals surface area contributed by atoms with Crippen molar-refractivity contribution < 1.29 is 23.2 Å². The van der Waals surface area contributed by atoms with Gasteiger partial charge in [0.2, 0.25) is 11.8 Å². The highest BCUT2D eigenvalue weighted by Crippen LogP contribution is 2.13. The third kappa shape index (κ3) is 3.77. The lowest BCUT2D eigenvalue weighted by molar-refractivity contribution is -0.134. The summed E-state index contributed by atoms with van der Waals surface area (Å²) in [5, 5.41) is 4.64. The van der Waals surface area contributed by atoms with E-state index in [0.29, 0.717) is 11.4 Å². The minimum atomic E-state index is -0.810. The average molecular weight is 333 g/mol. The van der Waals surface area contributed by atoms with Crippen LogP contribution in [0.25, 0.3) is 0 Å². The number of oxazole rings is 2. The molecule has 3 heterocycles. The van der Waals surface area contributed by atoms with Gasteiger partial charge in [-0.1, -0.05) is 0 Å². The first-order valence-corrected chi connectivity index (χ1v) is 7.25. The summed E-state index contributed by atoms with van der Waals surface area (Å²) in [4.78, 5) is 45.3. The second-order valence-electron chi connectivity index (χ2n) is 5.27. The molecule has 0 aliphatic carbocycles. The van der Waals surface area contributed by atoms with Crippen molar-refractivity contribution in [2.45, 2.75) is 32.0 Å². The Morgan fingerprint density at radius 3 is 2.33 bits per heavy atom. The van der Waals surface area contributed by atoms with Crippen LogP contribution in [0.5, 0.6) is 0 Å². The van der Waals surface area contributed by atoms with E-state index in [0.717, 1.165) is 0 Å². The first-order valence-electron chi connectivity index (χ1n) is 7.25. The quantitative estimate of drug-likeness (QED) is 0.798. The van der Waals surface area contributed by atoms with Crippen LogP contribution < -0.4 is 10.6 Å². The molecular weight excluding hydrogens is 318 g/mol. The zero-order chi connectivity index (χ0) is 16.9. The van der Waals surface area contributed by atoms with E-state index in [1.165, 1.54) is 30.2 Å². The van der Waals surface area contributed by atoms with Crippen LogP contribution in [0.2, 0.25) is 0 Å². The molecule has 2 N–H and O–H groups in total. The van der Waals surface area contributed by atoms with E-state index >= 15 is 0 Å². The molecule has 4 amide bonds. The summed E-state index contributed by atoms with van der Waals surface area (Å²) in [5.41, 5.74) is 1.11. The van der Waals surface area contributed by atoms with Gasteiger partial charge in [0.25, 0.3) is 0 Å². The van der Waals surface area contributed by atoms with Gasteiger partial charge >= 0.3 is 6.03 Å². The van der Waals surface area contributed by atoms with E-state index in [9.17, 15) is 14.4 Å². The maximum atomic E-state index is 12.8. The van der Waals surface area contributed by atoms with Crippen LogP contribution in [-0.4, -0.2) is 38.8 Å². The van der Waals surface area contributed by atoms with E-state index in [1.54, 1.807) is 0 Å². The molecule has 10 nitrogen and oxygen atoms in total. The van der Waals surface area contributed by atoms with Gasteiger partial charge in [-0.3, -0.25) is 14.9 Å². The zero-order valence-electron chi connectivity index (χ0n) is 12.6. The van der Waals surface area contributed by atoms with Crippen molar-refractivity contribution in [1.82, 2.24) is 25.5 Å². The smallest absolute Gasteiger partial charge is 0.322 e. The molecule has 0 saturated carbocycles. The molecule has 0 bridgehead atoms. The van der Waals surface area contributed by atoms with Crippen molar-refractivity contribution in [3.63, 3.8) is 0 Å². The molecule has 24 heavy (non-hydrogen) atoms. The van der Waals surface area contributed by atoms with Crippen molar-refractivity contribution in [3.8, 4) is 0 Å². The standard InChI is InChI=1S/C14H15N5O5/c20-12-2-1-11(17-14(22)18-12)13(21)19(3-9-5-23-7-15-9)4-10-6-24-8-16-10/h5-8,11H,1-4H2,(H2,17,18,20,22)/t11-/m0/s1. The lowest BCUT2D eigenvalue weighted by atomic mass is 10.1. The Balaban J connectivity index is 1.76. The number of rotatable bonds is 5. The normalized spacial score (nSPS) is 17.8. The lowest BCUT2D eigenvalue weighted by Gasteiger charge is -2.25. The molecule has 0 unspecified atom stereocenters. The molecule has 1 aliphatic rings. The SMILES string of the molecule is O=C1CC[C@@H](C(=O)N(Cc2cocn2)Cc2cocn2)NC(=O)N1. The fraction of sp³-hybridized carbons (Fsp3) is 0.357. The maximum absolute atomic E-state index is 12.8. The molecule has 1 atom stereocenters. The molecule has 3 rings (SSSR count). The Morgan fingerprint density at radius 1 is 1.17 bits per heavy atom. The van der Waals surface area contributed by atoms with Gasteiger partial charge in [0, 0.05) is 6.42 Å². The van der Waals surface area contributed by atoms with Crippen LogP contribution in [-0.2, 0) is 22.7 Å². The van der Waals surface area contributed by atoms with E-state index in [2.05, 4.69) is 20.6 Å². The Hall–Kier alpha value is -3.17. The number of aromatic nitrogens is 2. The molecule has 2 aromatic heterocycles. The first kappa shape index (κ1) is 15.7. The van der Waals surface area contributed by atoms with Gasteiger partial charge in [-0.05, 0) is 6.42 Å². The Kier molecular flexibility index (Phi) is 4.54. The third-order valence-electron chi connectivity index (χ3n) is 3.50. The number of hydrogen-bond donors (Lipinski definition) is 2. The van der Waals surface area contributed by atoms with Crippen molar-refractivity contribution in [2.75, 3.05) is 0 Å². The van der Waals surface area contributed by atoms with Crippen LogP contribution in [0.4, 0.5) is 4.79 Å². The average Bonchev–Trinajstić information content (AvgIpc) is 3.21. The highest BCUT2D eigenvalue weighted by molar-refractivity contribution is 5.98. The molecule has 10 heteroatoms. The molecule has 0 aromatic carbocycles. The second-order valence-corrected chi connectivity index (χ2v) is 5.27. The molecule has 0 spiro atoms. The summed E-state index contributed by atoms with van der Waals surface area (Å²) in [6.07, 6.45) is 5.69. The fourth-order valence-corrected chi connectivity index (χ4v) is 2.37. The Bertz CT molecular complexity index is 676. The number of hydrogen-bond acceptors (Lipinski definition) is 7. The predicted octanol–water partition coefficient (Wildman–Crippen LogP) is 0.180. The highest BCUT2D eigenvalue weighted by atomic mass is 16.3. The summed E-state index contributed by atoms with van der Waals surface area (Å²) in [7, 11) is 0. The number of carbonyl (C=O) groups is 3. The second kappa shape index (κ2) is 6.94. The van der Waals surface area contributed by atoms with E-state index in [1.807, 2.05) is 0 Å². The van der Waals surface area contributed by atoms with Crippen LogP contribution in [0.3, 0.4) is 0 Å². The monoisotopic (exact) mass is 333 g/mol. The molecule has 1 fully saturated rings. The molecule has 0 radical (unpaired) electrons. The van der Waals surface area contributed by atoms with Gasteiger partial charge < -0.3 is 19.1 Å². The van der Waals surface area contributed by atoms with Crippen LogP contribution in [0, 0.1) is 0 Å². The predicted molar refractivity (Wildman–Crippen MR) is 77.0 cm³/mol. The minimum Gasteiger partial charge on any atom is -0.451 e. The zero-order valence-corrected chi connectivity index (χ0v) is 12.6. The largest absolute Gasteiger partial charge is 0.451 e. The Labute approximate surface area is 136 Å². The van der Waals surface area contributed by atoms with Crippen molar-refractivity contribution >= 4 is 17.8 Å². The number of nitrogens with one attached hydrogen (secondary N) is 2. The summed E-state index contributed by atoms with van der Waals surface area (Å²) >= 11 is 0. The molecule has 126 valence electrons. The van der Waals surface area contributed by atoms with Crippen LogP contribution in [0.1, 0.15) is 24.2 Å². The van der Waals surface area contributed by atoms with Gasteiger partial charge in [-0.15, -0.1) is 0 Å². The molecule has 1 aliphatic heterocycles. The highest BCUT2D eigenvalue weighted by Gasteiger charge is 2.30. The van der Waals surface area contributed by atoms with Gasteiger partial charge in [-0.2, -0.15) is 0 Å². The van der Waals surface area contributed by atoms with Gasteiger partial charge in [-0.25, -0.2) is 14.8 Å². The van der Waals surface area contributed by atoms with E-state index in [4.69, 9.17) is 8.83 Å². The number of amides is 4. The fourth-order valence-electron chi connectivity index (χ4n) is 2.37. The number of urea groups is 1. The summed E-state index contributed by atoms with van der Waals surface area (Å²) in [5.74, 6) is -0.756. The van der Waals surface area contributed by atoms with Crippen LogP contribution in [0.15, 0.2) is 34.1 Å². The Morgan fingerprint density at radius 2 is 1.79 bits per heavy atom. The maximum Gasteiger partial charge on any atom is 0.322 e.